The Morgan fingerprint density at radius 2 is 0.606 bits per heavy atom. The van der Waals surface area contributed by atoms with E-state index in [1.165, 1.54) is 51.1 Å². The van der Waals surface area contributed by atoms with Gasteiger partial charge < -0.3 is 0 Å². The van der Waals surface area contributed by atoms with Gasteiger partial charge in [0.1, 0.15) is 11.6 Å². The molecule has 0 saturated heterocycles. The van der Waals surface area contributed by atoms with E-state index in [0.29, 0.717) is 17.1 Å². The number of hydrogen-bond donors (Lipinski definition) is 0. The van der Waals surface area contributed by atoms with Crippen LogP contribution in [-0.4, -0.2) is 34.1 Å². The second kappa shape index (κ2) is 33.7. The lowest BCUT2D eigenvalue weighted by Crippen LogP contribution is -2.17. The van der Waals surface area contributed by atoms with Gasteiger partial charge in [0.05, 0.1) is 39.1 Å². The molecule has 0 radical (unpaired) electrons. The van der Waals surface area contributed by atoms with Crippen molar-refractivity contribution in [2.75, 3.05) is 0 Å². The quantitative estimate of drug-likeness (QED) is 0.136. The maximum atomic E-state index is 8.42. The number of aryl methyl sites for hydroxylation is 5. The van der Waals surface area contributed by atoms with E-state index in [-0.39, 0.29) is 38.5 Å². The fraction of sp³-hybridized carbons (Fsp3) is 0.284. The lowest BCUT2D eigenvalue weighted by atomic mass is 9.79. The Balaban J connectivity index is 0.000000148. The highest BCUT2D eigenvalue weighted by atomic mass is 15.1. The maximum Gasteiger partial charge on any atom is 0.138 e. The van der Waals surface area contributed by atoms with E-state index < -0.39 is 32.3 Å². The van der Waals surface area contributed by atoms with Gasteiger partial charge >= 0.3 is 0 Å². The molecule has 0 aliphatic rings. The predicted octanol–water partition coefficient (Wildman–Crippen LogP) is 27.3. The van der Waals surface area contributed by atoms with E-state index in [4.69, 9.17) is 30.0 Å². The number of aromatic nitrogens is 7. The van der Waals surface area contributed by atoms with E-state index in [1.54, 1.807) is 26.8 Å². The molecule has 15 aromatic rings. The minimum atomic E-state index is -2.31. The maximum absolute atomic E-state index is 8.42. The van der Waals surface area contributed by atoms with Gasteiger partial charge in [0.2, 0.25) is 0 Å². The van der Waals surface area contributed by atoms with Crippen molar-refractivity contribution >= 4 is 43.6 Å². The Morgan fingerprint density at radius 3 is 1.00 bits per heavy atom. The summed E-state index contributed by atoms with van der Waals surface area (Å²) in [7, 11) is 0. The van der Waals surface area contributed by atoms with Crippen LogP contribution in [0.2, 0.25) is 0 Å². The Labute approximate surface area is 666 Å². The predicted molar refractivity (Wildman–Crippen MR) is 467 cm³/mol. The minimum Gasteiger partial charge on any atom is -0.294 e. The van der Waals surface area contributed by atoms with Crippen molar-refractivity contribution in [1.29, 1.82) is 0 Å². The Kier molecular flexibility index (Phi) is 20.2. The van der Waals surface area contributed by atoms with Crippen molar-refractivity contribution in [3.8, 4) is 56.5 Å². The molecule has 0 N–H and O–H groups in total. The molecule has 109 heavy (non-hydrogen) atoms. The van der Waals surface area contributed by atoms with Crippen LogP contribution < -0.4 is 0 Å². The summed E-state index contributed by atoms with van der Waals surface area (Å²) < 4.78 is 91.7. The molecule has 7 nitrogen and oxygen atoms in total. The van der Waals surface area contributed by atoms with Crippen LogP contribution in [0.4, 0.5) is 0 Å². The molecule has 0 aliphatic carbocycles. The highest BCUT2D eigenvalue weighted by Gasteiger charge is 2.27. The van der Waals surface area contributed by atoms with Crippen LogP contribution in [0.5, 0.6) is 0 Å². The third-order valence-corrected chi connectivity index (χ3v) is 19.4. The molecular formula is C102H113N7. The molecule has 7 heterocycles. The van der Waals surface area contributed by atoms with E-state index >= 15 is 0 Å². The molecule has 556 valence electrons. The van der Waals surface area contributed by atoms with Gasteiger partial charge in [-0.25, -0.2) is 9.97 Å². The van der Waals surface area contributed by atoms with Crippen LogP contribution >= 0.6 is 0 Å². The summed E-state index contributed by atoms with van der Waals surface area (Å²) >= 11 is 0. The van der Waals surface area contributed by atoms with Gasteiger partial charge in [-0.15, -0.1) is 0 Å². The third-order valence-electron chi connectivity index (χ3n) is 19.4. The number of benzene rings is 8. The van der Waals surface area contributed by atoms with Crippen LogP contribution in [0.3, 0.4) is 0 Å². The van der Waals surface area contributed by atoms with Crippen LogP contribution in [0.1, 0.15) is 203 Å². The van der Waals surface area contributed by atoms with Gasteiger partial charge in [-0.2, -0.15) is 0 Å². The first-order valence-corrected chi connectivity index (χ1v) is 37.7. The summed E-state index contributed by atoms with van der Waals surface area (Å²) in [6.45, 7) is 35.3. The van der Waals surface area contributed by atoms with Gasteiger partial charge in [0, 0.05) is 81.8 Å². The fourth-order valence-electron chi connectivity index (χ4n) is 14.1. The Morgan fingerprint density at radius 1 is 0.284 bits per heavy atom. The molecule has 7 aromatic heterocycles. The van der Waals surface area contributed by atoms with Crippen molar-refractivity contribution in [3.63, 3.8) is 0 Å². The molecule has 15 rings (SSSR count). The SMILES string of the molecule is CC(C)(C)c1ccc(-n2c3ccccc3c3ccccc32)nc1-c1ccccc1.[2H]C([2H])(C)c1nc(-c2ccccc2)cc(-c2ccccc2)c1C(C)(C)C.[2H]C([2H])(C)c1nc(-c2ccccc2)ccc1C(C)(C)C.[2H]C([2H])(C)c1nc(-n2c3ccccc3c3ccccc32)ccc1C(C)(C)C.[2H]C([2H])([2H])c1ccc(C(C)(C)C)c(C([2H])([2H])C)n1. The summed E-state index contributed by atoms with van der Waals surface area (Å²) in [5, 5.41) is 4.86. The minimum absolute atomic E-state index is 0.0114. The molecule has 0 aliphatic heterocycles. The van der Waals surface area contributed by atoms with Gasteiger partial charge in [-0.3, -0.25) is 24.1 Å². The Bertz CT molecular complexity index is 5970. The van der Waals surface area contributed by atoms with E-state index in [0.717, 1.165) is 89.8 Å². The highest BCUT2D eigenvalue weighted by molar-refractivity contribution is 6.10. The molecule has 0 atom stereocenters. The standard InChI is InChI=1S/C27H24N2.C23H24N2.C23H25N.C17H21N.C12H19N/c1-27(2,3)22-17-18-25(28-26(22)19-11-5-4-6-12-19)29-23-15-9-7-13-20(23)21-14-8-10-16-24(21)29;1-5-19-18(23(2,3)4)14-15-22(24-19)25-20-12-8-6-10-16(20)17-11-7-9-13-21(17)25;1-5-20-22(23(2,3)4)19(17-12-8-6-9-13-17)16-21(24-20)18-14-10-7-11-15-18;1-5-15-14(17(2,3)4)11-12-16(18-15)13-9-7-6-8-10-13;1-6-11-10(12(3,4)5)8-7-9(2)13-11/h4-18H,1-3H3;6-15H,5H2,1-4H3;6-16H,5H2,1-4H3;6-12H,5H2,1-4H3;7-8H,6H2,1-5H3/i;3*5D2;2D3,6D2. The van der Waals surface area contributed by atoms with Crippen molar-refractivity contribution in [1.82, 2.24) is 34.1 Å². The summed E-state index contributed by atoms with van der Waals surface area (Å²) in [5.74, 6) is 1.70. The summed E-state index contributed by atoms with van der Waals surface area (Å²) in [6.07, 6.45) is -6.16. The first kappa shape index (κ1) is 65.2. The largest absolute Gasteiger partial charge is 0.294 e. The zero-order valence-electron chi connectivity index (χ0n) is 78.1. The smallest absolute Gasteiger partial charge is 0.138 e. The van der Waals surface area contributed by atoms with Crippen LogP contribution in [-0.2, 0) is 52.6 Å². The average Bonchev–Trinajstić information content (AvgIpc) is 1.61. The molecule has 8 aromatic carbocycles. The van der Waals surface area contributed by atoms with Crippen molar-refractivity contribution < 1.29 is 15.1 Å². The number of nitrogens with zero attached hydrogens (tertiary/aromatic N) is 7. The van der Waals surface area contributed by atoms with Crippen molar-refractivity contribution in [2.24, 2.45) is 0 Å². The van der Waals surface area contributed by atoms with Crippen molar-refractivity contribution in [2.45, 2.75) is 191 Å². The molecule has 7 heteroatoms. The van der Waals surface area contributed by atoms with E-state index in [2.05, 4.69) is 236 Å². The third kappa shape index (κ3) is 18.3. The van der Waals surface area contributed by atoms with Gasteiger partial charge in [-0.1, -0.05) is 350 Å². The second-order valence-corrected chi connectivity index (χ2v) is 32.5. The van der Waals surface area contributed by atoms with Crippen LogP contribution in [0.25, 0.3) is 100 Å². The topological polar surface area (TPSA) is 74.3 Å². The molecule has 0 fully saturated rings. The fourth-order valence-corrected chi connectivity index (χ4v) is 14.1. The number of rotatable bonds is 10. The molecule has 0 bridgehead atoms. The Hall–Kier alpha value is -10.9. The normalized spacial score (nSPS) is 14.0. The summed E-state index contributed by atoms with van der Waals surface area (Å²) in [4.78, 5) is 23.5. The first-order valence-electron chi connectivity index (χ1n) is 43.2. The average molecular weight is 1450 g/mol. The zero-order chi connectivity index (χ0) is 87.7. The number of pyridine rings is 5. The van der Waals surface area contributed by atoms with Gasteiger partial charge in [-0.05, 0) is 153 Å². The van der Waals surface area contributed by atoms with E-state index in [1.807, 2.05) is 148 Å². The van der Waals surface area contributed by atoms with E-state index in [9.17, 15) is 0 Å². The number of fused-ring (bicyclic) bond motifs is 6. The lowest BCUT2D eigenvalue weighted by Gasteiger charge is -2.26. The molecule has 0 saturated carbocycles. The van der Waals surface area contributed by atoms with Crippen molar-refractivity contribution in [3.05, 3.63) is 329 Å². The summed E-state index contributed by atoms with van der Waals surface area (Å²) in [5.41, 5.74) is 18.3. The second-order valence-electron chi connectivity index (χ2n) is 32.5. The zero-order valence-corrected chi connectivity index (χ0v) is 67.1. The first-order chi connectivity index (χ1) is 55.9. The van der Waals surface area contributed by atoms with Gasteiger partial charge in [0.25, 0.3) is 0 Å². The van der Waals surface area contributed by atoms with Gasteiger partial charge in [0.15, 0.2) is 0 Å². The lowest BCUT2D eigenvalue weighted by molar-refractivity contribution is 0.577. The summed E-state index contributed by atoms with van der Waals surface area (Å²) in [6, 6.07) is 91.9. The molecule has 0 amide bonds. The molecular weight excluding hydrogens is 1320 g/mol. The number of hydrogen-bond acceptors (Lipinski definition) is 5. The molecule has 0 unspecified atom stereocenters. The monoisotopic (exact) mass is 1450 g/mol. The van der Waals surface area contributed by atoms with Crippen LogP contribution in [0.15, 0.2) is 273 Å². The number of para-hydroxylation sites is 4. The highest BCUT2D eigenvalue weighted by Crippen LogP contribution is 2.41. The molecule has 0 spiro atoms. The van der Waals surface area contributed by atoms with Crippen LogP contribution in [0, 0.1) is 6.85 Å².